The summed E-state index contributed by atoms with van der Waals surface area (Å²) in [5.41, 5.74) is 7.04. The highest BCUT2D eigenvalue weighted by atomic mass is 16.1. The van der Waals surface area contributed by atoms with Crippen molar-refractivity contribution in [2.75, 3.05) is 6.54 Å². The molecule has 0 bridgehead atoms. The van der Waals surface area contributed by atoms with E-state index in [0.717, 1.165) is 48.1 Å². The van der Waals surface area contributed by atoms with Gasteiger partial charge in [0.15, 0.2) is 0 Å². The van der Waals surface area contributed by atoms with Gasteiger partial charge in [0.1, 0.15) is 6.29 Å². The highest BCUT2D eigenvalue weighted by molar-refractivity contribution is 5.87. The van der Waals surface area contributed by atoms with E-state index in [-0.39, 0.29) is 5.56 Å². The second kappa shape index (κ2) is 6.87. The van der Waals surface area contributed by atoms with Crippen LogP contribution in [0.3, 0.4) is 0 Å². The molecule has 0 spiro atoms. The van der Waals surface area contributed by atoms with Gasteiger partial charge in [0.05, 0.1) is 11.2 Å². The third-order valence-corrected chi connectivity index (χ3v) is 5.84. The number of nitrogens with zero attached hydrogens (tertiary/aromatic N) is 2. The van der Waals surface area contributed by atoms with E-state index in [4.69, 9.17) is 0 Å². The van der Waals surface area contributed by atoms with Crippen molar-refractivity contribution in [2.24, 2.45) is 7.05 Å². The van der Waals surface area contributed by atoms with E-state index in [0.29, 0.717) is 5.56 Å². The summed E-state index contributed by atoms with van der Waals surface area (Å²) in [5, 5.41) is 4.69. The van der Waals surface area contributed by atoms with Crippen LogP contribution in [0.1, 0.15) is 21.6 Å². The van der Waals surface area contributed by atoms with Crippen molar-refractivity contribution in [1.82, 2.24) is 14.5 Å². The van der Waals surface area contributed by atoms with E-state index >= 15 is 0 Å². The lowest BCUT2D eigenvalue weighted by molar-refractivity contribution is 0.112. The van der Waals surface area contributed by atoms with Gasteiger partial charge in [0, 0.05) is 55.5 Å². The fraction of sp³-hybridized carbons (Fsp3) is 0.167. The summed E-state index contributed by atoms with van der Waals surface area (Å²) in [6, 6.07) is 17.0. The van der Waals surface area contributed by atoms with E-state index in [1.165, 1.54) is 16.6 Å². The van der Waals surface area contributed by atoms with Crippen LogP contribution in [0.15, 0.2) is 65.6 Å². The largest absolute Gasteiger partial charge is 0.347 e. The Morgan fingerprint density at radius 2 is 1.83 bits per heavy atom. The number of rotatable bonds is 3. The number of hydrogen-bond acceptors (Lipinski definition) is 3. The molecule has 0 saturated carbocycles. The van der Waals surface area contributed by atoms with Gasteiger partial charge < -0.3 is 9.88 Å². The van der Waals surface area contributed by atoms with Crippen LogP contribution in [0.4, 0.5) is 0 Å². The number of aromatic nitrogens is 2. The Morgan fingerprint density at radius 1 is 1.00 bits per heavy atom. The van der Waals surface area contributed by atoms with Crippen LogP contribution in [-0.4, -0.2) is 22.0 Å². The van der Waals surface area contributed by atoms with Crippen molar-refractivity contribution in [3.05, 3.63) is 88.0 Å². The number of pyridine rings is 1. The zero-order valence-corrected chi connectivity index (χ0v) is 16.2. The Hall–Kier alpha value is -3.44. The Labute approximate surface area is 168 Å². The molecule has 5 nitrogen and oxygen atoms in total. The molecule has 0 atom stereocenters. The van der Waals surface area contributed by atoms with E-state index in [1.54, 1.807) is 22.8 Å². The van der Waals surface area contributed by atoms with Crippen molar-refractivity contribution >= 4 is 17.2 Å². The smallest absolute Gasteiger partial charge is 0.255 e. The van der Waals surface area contributed by atoms with E-state index < -0.39 is 0 Å². The Balaban J connectivity index is 1.57. The summed E-state index contributed by atoms with van der Waals surface area (Å²) in [5.74, 6) is 0. The first-order chi connectivity index (χ1) is 14.2. The number of fused-ring (bicyclic) bond motifs is 3. The Bertz CT molecular complexity index is 1300. The number of aryl methyl sites for hydroxylation is 1. The molecule has 0 fully saturated rings. The zero-order chi connectivity index (χ0) is 20.0. The molecule has 0 amide bonds. The lowest BCUT2D eigenvalue weighted by atomic mass is 10.0. The molecule has 144 valence electrons. The molecule has 0 unspecified atom stereocenters. The number of benzene rings is 2. The van der Waals surface area contributed by atoms with E-state index in [1.807, 2.05) is 30.5 Å². The first-order valence-electron chi connectivity index (χ1n) is 9.75. The molecule has 0 saturated heterocycles. The Morgan fingerprint density at radius 3 is 2.59 bits per heavy atom. The average Bonchev–Trinajstić information content (AvgIpc) is 3.06. The molecular weight excluding hydrogens is 362 g/mol. The quantitative estimate of drug-likeness (QED) is 0.551. The van der Waals surface area contributed by atoms with Crippen LogP contribution in [0.5, 0.6) is 0 Å². The van der Waals surface area contributed by atoms with Crippen LogP contribution in [0, 0.1) is 0 Å². The lowest BCUT2D eigenvalue weighted by Crippen LogP contribution is -2.24. The maximum Gasteiger partial charge on any atom is 0.255 e. The zero-order valence-electron chi connectivity index (χ0n) is 16.2. The van der Waals surface area contributed by atoms with Crippen LogP contribution in [-0.2, 0) is 20.0 Å². The van der Waals surface area contributed by atoms with Crippen molar-refractivity contribution < 1.29 is 4.79 Å². The molecule has 5 rings (SSSR count). The van der Waals surface area contributed by atoms with Gasteiger partial charge in [-0.3, -0.25) is 14.2 Å². The van der Waals surface area contributed by atoms with Crippen LogP contribution in [0.2, 0.25) is 0 Å². The van der Waals surface area contributed by atoms with E-state index in [2.05, 4.69) is 29.1 Å². The number of nitrogens with one attached hydrogen (secondary N) is 1. The minimum atomic E-state index is -0.0815. The lowest BCUT2D eigenvalue weighted by Gasteiger charge is -2.14. The van der Waals surface area contributed by atoms with Gasteiger partial charge in [-0.05, 0) is 34.9 Å². The third-order valence-electron chi connectivity index (χ3n) is 5.84. The number of carbonyl (C=O) groups excluding carboxylic acids is 1. The third kappa shape index (κ3) is 2.91. The first kappa shape index (κ1) is 17.6. The summed E-state index contributed by atoms with van der Waals surface area (Å²) in [7, 11) is 2.10. The second-order valence-corrected chi connectivity index (χ2v) is 7.48. The number of carbonyl (C=O) groups is 1. The van der Waals surface area contributed by atoms with Gasteiger partial charge in [-0.2, -0.15) is 0 Å². The molecule has 2 aromatic heterocycles. The fourth-order valence-electron chi connectivity index (χ4n) is 4.27. The van der Waals surface area contributed by atoms with Crippen molar-refractivity contribution in [3.8, 4) is 16.8 Å². The minimum Gasteiger partial charge on any atom is -0.347 e. The topological polar surface area (TPSA) is 56.0 Å². The maximum atomic E-state index is 12.8. The van der Waals surface area contributed by atoms with Crippen LogP contribution < -0.4 is 10.9 Å². The first-order valence-corrected chi connectivity index (χ1v) is 9.75. The van der Waals surface area contributed by atoms with Crippen LogP contribution >= 0.6 is 0 Å². The second-order valence-electron chi connectivity index (χ2n) is 7.48. The highest BCUT2D eigenvalue weighted by Crippen LogP contribution is 2.29. The normalized spacial score (nSPS) is 13.4. The summed E-state index contributed by atoms with van der Waals surface area (Å²) < 4.78 is 3.93. The fourth-order valence-corrected chi connectivity index (χ4v) is 4.27. The molecule has 2 aromatic carbocycles. The van der Waals surface area contributed by atoms with Gasteiger partial charge in [-0.15, -0.1) is 0 Å². The summed E-state index contributed by atoms with van der Waals surface area (Å²) in [6.45, 7) is 1.89. The molecule has 4 aromatic rings. The minimum absolute atomic E-state index is 0.0815. The monoisotopic (exact) mass is 383 g/mol. The maximum absolute atomic E-state index is 12.8. The van der Waals surface area contributed by atoms with E-state index in [9.17, 15) is 9.59 Å². The molecular formula is C24H21N3O2. The summed E-state index contributed by atoms with van der Waals surface area (Å²) in [4.78, 5) is 23.7. The predicted molar refractivity (Wildman–Crippen MR) is 115 cm³/mol. The molecule has 0 radical (unpaired) electrons. The van der Waals surface area contributed by atoms with Gasteiger partial charge in [-0.1, -0.05) is 30.3 Å². The molecule has 1 N–H and O–H groups in total. The molecule has 29 heavy (non-hydrogen) atoms. The van der Waals surface area contributed by atoms with Gasteiger partial charge in [-0.25, -0.2) is 0 Å². The SMILES string of the molecule is Cn1c2c(c3ccc(-n4ccc(-c5ccc(C=O)cc5)cc4=O)cc31)CNCC2. The predicted octanol–water partition coefficient (Wildman–Crippen LogP) is 3.45. The standard InChI is InChI=1S/C24H21N3O2/c1-26-22-8-10-25-14-21(22)20-7-6-19(13-23(20)26)27-11-9-18(12-24(27)29)17-4-2-16(15-28)3-5-17/h2-7,9,11-13,15,25H,8,10,14H2,1H3. The van der Waals surface area contributed by atoms with Crippen LogP contribution in [0.25, 0.3) is 27.7 Å². The van der Waals surface area contributed by atoms with Gasteiger partial charge >= 0.3 is 0 Å². The Kier molecular flexibility index (Phi) is 4.18. The van der Waals surface area contributed by atoms with Gasteiger partial charge in [0.2, 0.25) is 0 Å². The molecule has 5 heteroatoms. The van der Waals surface area contributed by atoms with Crippen molar-refractivity contribution in [3.63, 3.8) is 0 Å². The molecule has 0 aliphatic carbocycles. The summed E-state index contributed by atoms with van der Waals surface area (Å²) in [6.07, 6.45) is 3.65. The average molecular weight is 383 g/mol. The number of aldehydes is 1. The number of hydrogen-bond donors (Lipinski definition) is 1. The summed E-state index contributed by atoms with van der Waals surface area (Å²) >= 11 is 0. The molecule has 3 heterocycles. The molecule has 1 aliphatic heterocycles. The van der Waals surface area contributed by atoms with Gasteiger partial charge in [0.25, 0.3) is 5.56 Å². The highest BCUT2D eigenvalue weighted by Gasteiger charge is 2.18. The van der Waals surface area contributed by atoms with Crippen molar-refractivity contribution in [1.29, 1.82) is 0 Å². The van der Waals surface area contributed by atoms with Crippen molar-refractivity contribution in [2.45, 2.75) is 13.0 Å². The molecule has 1 aliphatic rings.